The van der Waals surface area contributed by atoms with Crippen LogP contribution < -0.4 is 0 Å². The van der Waals surface area contributed by atoms with Gasteiger partial charge in [0.25, 0.3) is 0 Å². The summed E-state index contributed by atoms with van der Waals surface area (Å²) in [5.41, 5.74) is 6.08. The summed E-state index contributed by atoms with van der Waals surface area (Å²) in [6, 6.07) is 9.70. The lowest BCUT2D eigenvalue weighted by Gasteiger charge is -2.23. The average molecular weight is 313 g/mol. The second-order valence-electron chi connectivity index (χ2n) is 7.28. The van der Waals surface area contributed by atoms with Crippen LogP contribution in [0.25, 0.3) is 11.1 Å². The summed E-state index contributed by atoms with van der Waals surface area (Å²) in [5.74, 6) is 1.57. The predicted octanol–water partition coefficient (Wildman–Crippen LogP) is 7.15. The summed E-state index contributed by atoms with van der Waals surface area (Å²) >= 11 is 1.99. The number of rotatable bonds is 2. The second kappa shape index (κ2) is 6.20. The van der Waals surface area contributed by atoms with E-state index in [2.05, 4.69) is 36.6 Å². The first kappa shape index (κ1) is 14.5. The summed E-state index contributed by atoms with van der Waals surface area (Å²) in [6.45, 7) is 2.39. The molecular weight excluding hydrogens is 284 g/mol. The normalized spacial score (nSPS) is 22.5. The molecule has 2 aliphatic rings. The number of thiophene rings is 1. The van der Waals surface area contributed by atoms with Crippen molar-refractivity contribution >= 4 is 11.3 Å². The molecule has 0 bridgehead atoms. The van der Waals surface area contributed by atoms with Crippen molar-refractivity contribution in [2.45, 2.75) is 70.1 Å². The number of hydrogen-bond donors (Lipinski definition) is 0. The average Bonchev–Trinajstić information content (AvgIpc) is 3.06. The number of aryl methyl sites for hydroxylation is 1. The molecule has 0 unspecified atom stereocenters. The third-order valence-electron chi connectivity index (χ3n) is 5.72. The lowest BCUT2D eigenvalue weighted by molar-refractivity contribution is 0.448. The molecule has 1 heterocycles. The largest absolute Gasteiger partial charge is 0.148 e. The molecule has 22 heavy (non-hydrogen) atoms. The van der Waals surface area contributed by atoms with E-state index in [4.69, 9.17) is 0 Å². The van der Waals surface area contributed by atoms with Gasteiger partial charge < -0.3 is 0 Å². The molecule has 0 spiro atoms. The molecule has 2 aliphatic carbocycles. The van der Waals surface area contributed by atoms with E-state index in [1.54, 1.807) is 16.0 Å². The van der Waals surface area contributed by atoms with E-state index in [-0.39, 0.29) is 1.43 Å². The highest BCUT2D eigenvalue weighted by molar-refractivity contribution is 7.10. The molecule has 0 radical (unpaired) electrons. The Bertz CT molecular complexity index is 652. The fourth-order valence-electron chi connectivity index (χ4n) is 4.32. The summed E-state index contributed by atoms with van der Waals surface area (Å²) in [5, 5.41) is 2.39. The maximum Gasteiger partial charge on any atom is 0.00825 e. The van der Waals surface area contributed by atoms with Crippen LogP contribution in [0.2, 0.25) is 0 Å². The van der Waals surface area contributed by atoms with Gasteiger partial charge in [-0.25, -0.2) is 0 Å². The molecule has 1 aromatic carbocycles. The molecule has 118 valence electrons. The Morgan fingerprint density at radius 3 is 2.68 bits per heavy atom. The van der Waals surface area contributed by atoms with E-state index in [0.29, 0.717) is 0 Å². The fourth-order valence-corrected chi connectivity index (χ4v) is 5.41. The molecule has 0 amide bonds. The summed E-state index contributed by atoms with van der Waals surface area (Å²) < 4.78 is 0. The van der Waals surface area contributed by atoms with Crippen molar-refractivity contribution in [3.8, 4) is 11.1 Å². The van der Waals surface area contributed by atoms with Gasteiger partial charge in [-0.3, -0.25) is 0 Å². The molecular formula is C21H28S. The van der Waals surface area contributed by atoms with Crippen molar-refractivity contribution < 1.29 is 1.43 Å². The molecule has 0 N–H and O–H groups in total. The molecule has 0 aliphatic heterocycles. The minimum absolute atomic E-state index is 0. The molecule has 1 saturated carbocycles. The SMILES string of the molecule is C[C@@H]1CCCc2ccc(-c3csc(C4CCCCC4)c3)cc21.[HH]. The van der Waals surface area contributed by atoms with Gasteiger partial charge in [0.15, 0.2) is 0 Å². The van der Waals surface area contributed by atoms with Crippen molar-refractivity contribution in [2.24, 2.45) is 0 Å². The predicted molar refractivity (Wildman–Crippen MR) is 99.0 cm³/mol. The Balaban J connectivity index is 0.00000156. The highest BCUT2D eigenvalue weighted by Gasteiger charge is 2.19. The van der Waals surface area contributed by atoms with E-state index in [0.717, 1.165) is 11.8 Å². The standard InChI is InChI=1S/C21H26S.H2/c1-15-6-5-9-16-10-11-18(12-20(15)16)19-13-21(22-14-19)17-7-3-2-4-8-17;/h10-15,17H,2-9H2,1H3;1H/t15-;/m1./s1. The Labute approximate surface area is 140 Å². The summed E-state index contributed by atoms with van der Waals surface area (Å²) in [7, 11) is 0. The van der Waals surface area contributed by atoms with Gasteiger partial charge in [0, 0.05) is 6.30 Å². The van der Waals surface area contributed by atoms with Gasteiger partial charge in [-0.2, -0.15) is 0 Å². The van der Waals surface area contributed by atoms with Crippen LogP contribution in [0.15, 0.2) is 29.6 Å². The van der Waals surface area contributed by atoms with Crippen LogP contribution in [-0.2, 0) is 6.42 Å². The van der Waals surface area contributed by atoms with Crippen molar-refractivity contribution in [3.05, 3.63) is 45.6 Å². The quantitative estimate of drug-likeness (QED) is 0.552. The first-order valence-corrected chi connectivity index (χ1v) is 9.91. The van der Waals surface area contributed by atoms with Crippen LogP contribution in [0.4, 0.5) is 0 Å². The molecule has 0 nitrogen and oxygen atoms in total. The van der Waals surface area contributed by atoms with Crippen LogP contribution >= 0.6 is 11.3 Å². The molecule has 1 atom stereocenters. The van der Waals surface area contributed by atoms with Crippen molar-refractivity contribution in [2.75, 3.05) is 0 Å². The zero-order valence-electron chi connectivity index (χ0n) is 13.6. The third-order valence-corrected chi connectivity index (χ3v) is 6.82. The Kier molecular flexibility index (Phi) is 4.09. The summed E-state index contributed by atoms with van der Waals surface area (Å²) in [4.78, 5) is 1.63. The van der Waals surface area contributed by atoms with Crippen molar-refractivity contribution in [3.63, 3.8) is 0 Å². The first-order valence-electron chi connectivity index (χ1n) is 9.03. The fraction of sp³-hybridized carbons (Fsp3) is 0.524. The van der Waals surface area contributed by atoms with Crippen LogP contribution in [0.1, 0.15) is 81.1 Å². The van der Waals surface area contributed by atoms with Crippen molar-refractivity contribution in [1.82, 2.24) is 0 Å². The minimum atomic E-state index is 0. The topological polar surface area (TPSA) is 0 Å². The van der Waals surface area contributed by atoms with Crippen LogP contribution in [0, 0.1) is 0 Å². The van der Waals surface area contributed by atoms with Gasteiger partial charge in [-0.05, 0) is 77.6 Å². The van der Waals surface area contributed by atoms with Gasteiger partial charge in [0.1, 0.15) is 0 Å². The lowest BCUT2D eigenvalue weighted by Crippen LogP contribution is -2.06. The molecule has 1 heteroatoms. The highest BCUT2D eigenvalue weighted by Crippen LogP contribution is 2.39. The number of fused-ring (bicyclic) bond motifs is 1. The monoisotopic (exact) mass is 312 g/mol. The molecule has 1 fully saturated rings. The maximum absolute atomic E-state index is 2.48. The number of benzene rings is 1. The molecule has 1 aromatic heterocycles. The molecule has 2 aromatic rings. The van der Waals surface area contributed by atoms with Gasteiger partial charge in [0.2, 0.25) is 0 Å². The van der Waals surface area contributed by atoms with Gasteiger partial charge in [-0.1, -0.05) is 44.4 Å². The second-order valence-corrected chi connectivity index (χ2v) is 8.22. The van der Waals surface area contributed by atoms with Crippen LogP contribution in [-0.4, -0.2) is 0 Å². The first-order chi connectivity index (χ1) is 10.8. The van der Waals surface area contributed by atoms with E-state index in [1.807, 2.05) is 11.3 Å². The Morgan fingerprint density at radius 2 is 1.82 bits per heavy atom. The maximum atomic E-state index is 2.48. The summed E-state index contributed by atoms with van der Waals surface area (Å²) in [6.07, 6.45) is 11.1. The number of hydrogen-bond acceptors (Lipinski definition) is 1. The highest BCUT2D eigenvalue weighted by atomic mass is 32.1. The van der Waals surface area contributed by atoms with Crippen LogP contribution in [0.5, 0.6) is 0 Å². The van der Waals surface area contributed by atoms with E-state index in [1.165, 1.54) is 62.5 Å². The minimum Gasteiger partial charge on any atom is -0.148 e. The van der Waals surface area contributed by atoms with Crippen LogP contribution in [0.3, 0.4) is 0 Å². The van der Waals surface area contributed by atoms with Gasteiger partial charge >= 0.3 is 0 Å². The molecule has 4 rings (SSSR count). The lowest BCUT2D eigenvalue weighted by atomic mass is 9.82. The Hall–Kier alpha value is -1.08. The molecule has 0 saturated heterocycles. The Morgan fingerprint density at radius 1 is 0.955 bits per heavy atom. The zero-order valence-corrected chi connectivity index (χ0v) is 14.4. The van der Waals surface area contributed by atoms with Gasteiger partial charge in [0.05, 0.1) is 0 Å². The smallest absolute Gasteiger partial charge is 0.00825 e. The van der Waals surface area contributed by atoms with E-state index >= 15 is 0 Å². The van der Waals surface area contributed by atoms with Crippen molar-refractivity contribution in [1.29, 1.82) is 0 Å². The van der Waals surface area contributed by atoms with E-state index < -0.39 is 0 Å². The zero-order chi connectivity index (χ0) is 14.9. The van der Waals surface area contributed by atoms with Gasteiger partial charge in [-0.15, -0.1) is 11.3 Å². The third kappa shape index (κ3) is 2.76. The van der Waals surface area contributed by atoms with E-state index in [9.17, 15) is 0 Å².